The number of nitrogens with zero attached hydrogens (tertiary/aromatic N) is 1. The van der Waals surface area contributed by atoms with Gasteiger partial charge in [0.15, 0.2) is 0 Å². The molecule has 0 saturated carbocycles. The highest BCUT2D eigenvalue weighted by molar-refractivity contribution is 7.99. The number of nitro groups is 1. The molecular formula is C14H13N3O2S. The number of nitrogen functional groups attached to an aromatic ring is 1. The van der Waals surface area contributed by atoms with Gasteiger partial charge in [-0.2, -0.15) is 0 Å². The van der Waals surface area contributed by atoms with Gasteiger partial charge in [0, 0.05) is 27.5 Å². The lowest BCUT2D eigenvalue weighted by Crippen LogP contribution is -2.12. The van der Waals surface area contributed by atoms with Crippen LogP contribution in [0, 0.1) is 22.4 Å². The lowest BCUT2D eigenvalue weighted by molar-refractivity contribution is -0.384. The monoisotopic (exact) mass is 287 g/mol. The summed E-state index contributed by atoms with van der Waals surface area (Å²) in [5.74, 6) is 0.0504. The predicted octanol–water partition coefficient (Wildman–Crippen LogP) is 3.34. The Morgan fingerprint density at radius 3 is 2.30 bits per heavy atom. The largest absolute Gasteiger partial charge is 0.384 e. The highest BCUT2D eigenvalue weighted by Crippen LogP contribution is 2.30. The quantitative estimate of drug-likeness (QED) is 0.390. The summed E-state index contributed by atoms with van der Waals surface area (Å²) in [6, 6.07) is 12.1. The maximum absolute atomic E-state index is 10.6. The van der Waals surface area contributed by atoms with E-state index in [1.807, 2.05) is 25.1 Å². The molecule has 0 radical (unpaired) electrons. The average molecular weight is 287 g/mol. The fourth-order valence-electron chi connectivity index (χ4n) is 1.77. The number of rotatable bonds is 4. The minimum absolute atomic E-state index is 0.0504. The van der Waals surface area contributed by atoms with Crippen LogP contribution >= 0.6 is 11.8 Å². The van der Waals surface area contributed by atoms with E-state index in [2.05, 4.69) is 0 Å². The molecule has 0 heterocycles. The van der Waals surface area contributed by atoms with Crippen LogP contribution in [0.15, 0.2) is 52.3 Å². The highest BCUT2D eigenvalue weighted by Gasteiger charge is 2.06. The Morgan fingerprint density at radius 2 is 1.80 bits per heavy atom. The van der Waals surface area contributed by atoms with Crippen molar-refractivity contribution in [1.82, 2.24) is 0 Å². The summed E-state index contributed by atoms with van der Waals surface area (Å²) >= 11 is 1.51. The molecule has 2 aromatic carbocycles. The zero-order valence-corrected chi connectivity index (χ0v) is 11.6. The van der Waals surface area contributed by atoms with E-state index < -0.39 is 4.92 Å². The molecule has 0 aromatic heterocycles. The number of nitrogens with two attached hydrogens (primary N) is 1. The van der Waals surface area contributed by atoms with E-state index in [0.717, 1.165) is 20.9 Å². The van der Waals surface area contributed by atoms with Crippen molar-refractivity contribution in [2.75, 3.05) is 0 Å². The minimum Gasteiger partial charge on any atom is -0.384 e. The summed E-state index contributed by atoms with van der Waals surface area (Å²) in [7, 11) is 0. The first kappa shape index (κ1) is 14.1. The number of nitrogens with one attached hydrogen (secondary N) is 1. The van der Waals surface area contributed by atoms with Crippen molar-refractivity contribution >= 4 is 23.3 Å². The Bertz CT molecular complexity index is 669. The number of nitro benzene ring substituents is 1. The van der Waals surface area contributed by atoms with E-state index >= 15 is 0 Å². The van der Waals surface area contributed by atoms with Gasteiger partial charge in [-0.3, -0.25) is 15.5 Å². The predicted molar refractivity (Wildman–Crippen MR) is 79.4 cm³/mol. The van der Waals surface area contributed by atoms with Crippen LogP contribution in [0.5, 0.6) is 0 Å². The van der Waals surface area contributed by atoms with Crippen molar-refractivity contribution in [3.8, 4) is 0 Å². The third-order valence-electron chi connectivity index (χ3n) is 2.77. The Kier molecular flexibility index (Phi) is 4.05. The van der Waals surface area contributed by atoms with Crippen molar-refractivity contribution in [3.05, 3.63) is 63.7 Å². The van der Waals surface area contributed by atoms with Gasteiger partial charge in [0.2, 0.25) is 0 Å². The van der Waals surface area contributed by atoms with Crippen LogP contribution in [-0.4, -0.2) is 10.8 Å². The van der Waals surface area contributed by atoms with Gasteiger partial charge in [0.1, 0.15) is 5.84 Å². The lowest BCUT2D eigenvalue weighted by Gasteiger charge is -2.07. The first-order valence-electron chi connectivity index (χ1n) is 5.85. The van der Waals surface area contributed by atoms with Gasteiger partial charge in [0.05, 0.1) is 4.92 Å². The first-order chi connectivity index (χ1) is 9.47. The third kappa shape index (κ3) is 3.16. The number of hydrogen-bond donors (Lipinski definition) is 2. The molecular weight excluding hydrogens is 274 g/mol. The molecule has 5 nitrogen and oxygen atoms in total. The van der Waals surface area contributed by atoms with Gasteiger partial charge in [-0.05, 0) is 42.8 Å². The molecule has 2 aromatic rings. The number of hydrogen-bond acceptors (Lipinski definition) is 4. The molecule has 0 aliphatic carbocycles. The molecule has 2 rings (SSSR count). The molecule has 0 aliphatic rings. The number of non-ortho nitro benzene ring substituents is 1. The van der Waals surface area contributed by atoms with Crippen LogP contribution in [0.25, 0.3) is 0 Å². The third-order valence-corrected chi connectivity index (χ3v) is 3.77. The van der Waals surface area contributed by atoms with Gasteiger partial charge < -0.3 is 5.73 Å². The Hall–Kier alpha value is -2.34. The molecule has 0 bridgehead atoms. The van der Waals surface area contributed by atoms with Crippen molar-refractivity contribution in [1.29, 1.82) is 5.41 Å². The Balaban J connectivity index is 2.19. The van der Waals surface area contributed by atoms with Gasteiger partial charge in [-0.1, -0.05) is 11.8 Å². The molecule has 20 heavy (non-hydrogen) atoms. The Labute approximate surface area is 120 Å². The van der Waals surface area contributed by atoms with Gasteiger partial charge in [-0.15, -0.1) is 0 Å². The molecule has 0 unspecified atom stereocenters. The van der Waals surface area contributed by atoms with Crippen LogP contribution in [0.4, 0.5) is 5.69 Å². The van der Waals surface area contributed by atoms with Gasteiger partial charge in [-0.25, -0.2) is 0 Å². The maximum atomic E-state index is 10.6. The van der Waals surface area contributed by atoms with Crippen LogP contribution in [0.3, 0.4) is 0 Å². The summed E-state index contributed by atoms with van der Waals surface area (Å²) in [5, 5.41) is 18.0. The average Bonchev–Trinajstić information content (AvgIpc) is 2.39. The molecule has 0 fully saturated rings. The topological polar surface area (TPSA) is 93.0 Å². The summed E-state index contributed by atoms with van der Waals surface area (Å²) in [6.07, 6.45) is 0. The van der Waals surface area contributed by atoms with Crippen molar-refractivity contribution in [2.45, 2.75) is 16.7 Å². The van der Waals surface area contributed by atoms with Crippen LogP contribution in [-0.2, 0) is 0 Å². The first-order valence-corrected chi connectivity index (χ1v) is 6.66. The fourth-order valence-corrected chi connectivity index (χ4v) is 2.69. The standard InChI is InChI=1S/C14H13N3O2S/c1-9-8-12(6-7-13(9)14(15)16)20-11-4-2-10(3-5-11)17(18)19/h2-8H,1H3,(H3,15,16). The second-order valence-corrected chi connectivity index (χ2v) is 5.39. The van der Waals surface area contributed by atoms with E-state index in [0.29, 0.717) is 0 Å². The van der Waals surface area contributed by atoms with E-state index in [1.165, 1.54) is 23.9 Å². The van der Waals surface area contributed by atoms with Crippen LogP contribution < -0.4 is 5.73 Å². The molecule has 0 aliphatic heterocycles. The molecule has 6 heteroatoms. The van der Waals surface area contributed by atoms with Crippen molar-refractivity contribution in [2.24, 2.45) is 5.73 Å². The van der Waals surface area contributed by atoms with E-state index in [1.54, 1.807) is 12.1 Å². The van der Waals surface area contributed by atoms with Crippen molar-refractivity contribution in [3.63, 3.8) is 0 Å². The fraction of sp³-hybridized carbons (Fsp3) is 0.0714. The summed E-state index contributed by atoms with van der Waals surface area (Å²) in [5.41, 5.74) is 7.21. The second kappa shape index (κ2) is 5.75. The van der Waals surface area contributed by atoms with Crippen molar-refractivity contribution < 1.29 is 4.92 Å². The summed E-state index contributed by atoms with van der Waals surface area (Å²) in [6.45, 7) is 1.90. The summed E-state index contributed by atoms with van der Waals surface area (Å²) < 4.78 is 0. The molecule has 102 valence electrons. The molecule has 0 atom stereocenters. The number of benzene rings is 2. The zero-order valence-electron chi connectivity index (χ0n) is 10.8. The highest BCUT2D eigenvalue weighted by atomic mass is 32.2. The SMILES string of the molecule is Cc1cc(Sc2ccc([N+](=O)[O-])cc2)ccc1C(=N)N. The lowest BCUT2D eigenvalue weighted by atomic mass is 10.1. The smallest absolute Gasteiger partial charge is 0.269 e. The molecule has 0 amide bonds. The summed E-state index contributed by atoms with van der Waals surface area (Å²) in [4.78, 5) is 12.1. The van der Waals surface area contributed by atoms with Crippen LogP contribution in [0.2, 0.25) is 0 Å². The molecule has 0 spiro atoms. The van der Waals surface area contributed by atoms with E-state index in [-0.39, 0.29) is 11.5 Å². The van der Waals surface area contributed by atoms with E-state index in [4.69, 9.17) is 11.1 Å². The Morgan fingerprint density at radius 1 is 1.20 bits per heavy atom. The molecule has 3 N–H and O–H groups in total. The maximum Gasteiger partial charge on any atom is 0.269 e. The number of amidine groups is 1. The van der Waals surface area contributed by atoms with E-state index in [9.17, 15) is 10.1 Å². The number of aryl methyl sites for hydroxylation is 1. The van der Waals surface area contributed by atoms with Crippen LogP contribution in [0.1, 0.15) is 11.1 Å². The molecule has 0 saturated heterocycles. The van der Waals surface area contributed by atoms with Gasteiger partial charge in [0.25, 0.3) is 5.69 Å². The second-order valence-electron chi connectivity index (χ2n) is 4.24. The normalized spacial score (nSPS) is 10.2. The minimum atomic E-state index is -0.416. The zero-order chi connectivity index (χ0) is 14.7. The van der Waals surface area contributed by atoms with Gasteiger partial charge >= 0.3 is 0 Å².